The van der Waals surface area contributed by atoms with Crippen LogP contribution in [-0.4, -0.2) is 67.9 Å². The highest BCUT2D eigenvalue weighted by molar-refractivity contribution is 5.77. The molecule has 0 aromatic carbocycles. The minimum absolute atomic E-state index is 0.223. The predicted octanol–water partition coefficient (Wildman–Crippen LogP) is 1.27. The fourth-order valence-electron chi connectivity index (χ4n) is 5.14. The number of hydrogen-bond acceptors (Lipinski definition) is 5. The molecule has 2 atom stereocenters. The molecule has 3 fully saturated rings. The van der Waals surface area contributed by atoms with Crippen LogP contribution < -0.4 is 0 Å². The van der Waals surface area contributed by atoms with Crippen molar-refractivity contribution in [3.63, 3.8) is 0 Å². The number of carboxylic acid groups (broad SMARTS) is 1. The molecule has 2 aliphatic heterocycles. The molecule has 3 heterocycles. The molecule has 2 saturated heterocycles. The van der Waals surface area contributed by atoms with Crippen molar-refractivity contribution in [2.45, 2.75) is 51.6 Å². The molecule has 1 N–H and O–H groups in total. The molecule has 0 spiro atoms. The minimum Gasteiger partial charge on any atom is -0.481 e. The van der Waals surface area contributed by atoms with E-state index in [-0.39, 0.29) is 5.92 Å². The Morgan fingerprint density at radius 2 is 1.96 bits per heavy atom. The van der Waals surface area contributed by atoms with E-state index in [1.807, 2.05) is 18.5 Å². The highest BCUT2D eigenvalue weighted by Crippen LogP contribution is 2.45. The van der Waals surface area contributed by atoms with Gasteiger partial charge in [-0.05, 0) is 19.8 Å². The summed E-state index contributed by atoms with van der Waals surface area (Å²) < 4.78 is 2.00. The van der Waals surface area contributed by atoms with Crippen molar-refractivity contribution in [2.75, 3.05) is 26.2 Å². The summed E-state index contributed by atoms with van der Waals surface area (Å²) in [5.41, 5.74) is -0.606. The maximum absolute atomic E-state index is 12.2. The number of hydrogen-bond donors (Lipinski definition) is 1. The van der Waals surface area contributed by atoms with Crippen LogP contribution in [0.15, 0.2) is 0 Å². The number of nitrogens with zero attached hydrogens (tertiary/aromatic N) is 5. The number of rotatable bonds is 4. The number of likely N-dealkylation sites (tertiary alicyclic amines) is 2. The van der Waals surface area contributed by atoms with Crippen LogP contribution in [0, 0.1) is 18.3 Å². The molecule has 1 aromatic heterocycles. The minimum atomic E-state index is -0.618. The fraction of sp³-hybridized carbons (Fsp3) is 0.833. The average molecular weight is 347 g/mol. The monoisotopic (exact) mass is 347 g/mol. The summed E-state index contributed by atoms with van der Waals surface area (Å²) in [4.78, 5) is 17.0. The highest BCUT2D eigenvalue weighted by atomic mass is 16.4. The standard InChI is InChI=1S/C18H29N5O2/c1-13-19-20-16(21(13)2)10-22-8-14-9-23(15-6-4-3-5-7-15)12-18(14,11-22)17(24)25/h14-15H,3-12H2,1-2H3,(H,24,25). The van der Waals surface area contributed by atoms with Gasteiger partial charge in [-0.1, -0.05) is 19.3 Å². The SMILES string of the molecule is Cc1nnc(CN2CC3CN(C4CCCCC4)CC3(C(=O)O)C2)n1C. The van der Waals surface area contributed by atoms with Gasteiger partial charge in [-0.25, -0.2) is 0 Å². The lowest BCUT2D eigenvalue weighted by Gasteiger charge is -2.33. The maximum Gasteiger partial charge on any atom is 0.312 e. The van der Waals surface area contributed by atoms with Gasteiger partial charge in [-0.15, -0.1) is 10.2 Å². The summed E-state index contributed by atoms with van der Waals surface area (Å²) in [5.74, 6) is 1.42. The van der Waals surface area contributed by atoms with Crippen LogP contribution in [0.4, 0.5) is 0 Å². The summed E-state index contributed by atoms with van der Waals surface area (Å²) in [6.45, 7) is 5.75. The largest absolute Gasteiger partial charge is 0.481 e. The third-order valence-electron chi connectivity index (χ3n) is 6.77. The van der Waals surface area contributed by atoms with Crippen molar-refractivity contribution < 1.29 is 9.90 Å². The lowest BCUT2D eigenvalue weighted by molar-refractivity contribution is -0.149. The van der Waals surface area contributed by atoms with E-state index in [1.165, 1.54) is 32.1 Å². The van der Waals surface area contributed by atoms with Crippen molar-refractivity contribution in [2.24, 2.45) is 18.4 Å². The molecule has 1 aromatic rings. The zero-order chi connectivity index (χ0) is 17.6. The van der Waals surface area contributed by atoms with E-state index in [2.05, 4.69) is 20.0 Å². The second-order valence-electron chi connectivity index (χ2n) is 8.27. The molecule has 7 nitrogen and oxygen atoms in total. The molecule has 0 amide bonds. The number of carboxylic acids is 1. The van der Waals surface area contributed by atoms with Gasteiger partial charge in [0.15, 0.2) is 0 Å². The Bertz CT molecular complexity index is 654. The van der Waals surface area contributed by atoms with E-state index < -0.39 is 11.4 Å². The smallest absolute Gasteiger partial charge is 0.312 e. The van der Waals surface area contributed by atoms with Gasteiger partial charge in [0.05, 0.1) is 12.0 Å². The van der Waals surface area contributed by atoms with E-state index in [1.54, 1.807) is 0 Å². The quantitative estimate of drug-likeness (QED) is 0.884. The van der Waals surface area contributed by atoms with Crippen LogP contribution in [0.3, 0.4) is 0 Å². The number of fused-ring (bicyclic) bond motifs is 1. The molecule has 1 aliphatic carbocycles. The summed E-state index contributed by atoms with van der Waals surface area (Å²) in [7, 11) is 1.97. The lowest BCUT2D eigenvalue weighted by Crippen LogP contribution is -2.43. The molecule has 0 bridgehead atoms. The van der Waals surface area contributed by atoms with Gasteiger partial charge in [-0.2, -0.15) is 0 Å². The van der Waals surface area contributed by atoms with E-state index >= 15 is 0 Å². The van der Waals surface area contributed by atoms with Gasteiger partial charge in [0.1, 0.15) is 11.6 Å². The van der Waals surface area contributed by atoms with Crippen LogP contribution in [0.2, 0.25) is 0 Å². The van der Waals surface area contributed by atoms with E-state index in [0.29, 0.717) is 25.7 Å². The first kappa shape index (κ1) is 17.0. The number of aromatic nitrogens is 3. The molecule has 25 heavy (non-hydrogen) atoms. The molecule has 4 rings (SSSR count). The van der Waals surface area contributed by atoms with Crippen LogP contribution in [0.25, 0.3) is 0 Å². The first-order chi connectivity index (χ1) is 12.0. The van der Waals surface area contributed by atoms with Crippen LogP contribution in [0.5, 0.6) is 0 Å². The first-order valence-corrected chi connectivity index (χ1v) is 9.54. The second kappa shape index (κ2) is 6.36. The predicted molar refractivity (Wildman–Crippen MR) is 93.0 cm³/mol. The zero-order valence-electron chi connectivity index (χ0n) is 15.3. The molecule has 3 aliphatic rings. The number of aliphatic carboxylic acids is 1. The van der Waals surface area contributed by atoms with Crippen molar-refractivity contribution in [3.8, 4) is 0 Å². The Morgan fingerprint density at radius 3 is 2.56 bits per heavy atom. The Morgan fingerprint density at radius 1 is 1.20 bits per heavy atom. The maximum atomic E-state index is 12.2. The van der Waals surface area contributed by atoms with Crippen LogP contribution in [0.1, 0.15) is 43.8 Å². The Balaban J connectivity index is 1.47. The normalized spacial score (nSPS) is 31.5. The Labute approximate surface area is 149 Å². The van der Waals surface area contributed by atoms with Crippen molar-refractivity contribution in [1.29, 1.82) is 0 Å². The molecule has 1 saturated carbocycles. The average Bonchev–Trinajstić information content (AvgIpc) is 3.22. The Hall–Kier alpha value is -1.47. The highest BCUT2D eigenvalue weighted by Gasteiger charge is 2.58. The third-order valence-corrected chi connectivity index (χ3v) is 6.77. The summed E-state index contributed by atoms with van der Waals surface area (Å²) in [6, 6.07) is 0.602. The van der Waals surface area contributed by atoms with Gasteiger partial charge in [0.2, 0.25) is 0 Å². The molecular formula is C18H29N5O2. The summed E-state index contributed by atoms with van der Waals surface area (Å²) >= 11 is 0. The van der Waals surface area contributed by atoms with Crippen molar-refractivity contribution in [1.82, 2.24) is 24.6 Å². The fourth-order valence-corrected chi connectivity index (χ4v) is 5.14. The van der Waals surface area contributed by atoms with Gasteiger partial charge in [-0.3, -0.25) is 14.6 Å². The zero-order valence-corrected chi connectivity index (χ0v) is 15.3. The third kappa shape index (κ3) is 2.87. The number of carbonyl (C=O) groups is 1. The van der Waals surface area contributed by atoms with E-state index in [9.17, 15) is 9.90 Å². The second-order valence-corrected chi connectivity index (χ2v) is 8.27. The summed E-state index contributed by atoms with van der Waals surface area (Å²) in [5, 5.41) is 18.4. The van der Waals surface area contributed by atoms with Gasteiger partial charge >= 0.3 is 5.97 Å². The van der Waals surface area contributed by atoms with Crippen LogP contribution in [-0.2, 0) is 18.4 Å². The molecule has 2 unspecified atom stereocenters. The number of aryl methyl sites for hydroxylation is 1. The van der Waals surface area contributed by atoms with Crippen molar-refractivity contribution in [3.05, 3.63) is 11.6 Å². The topological polar surface area (TPSA) is 74.5 Å². The lowest BCUT2D eigenvalue weighted by atomic mass is 9.81. The molecule has 138 valence electrons. The molecular weight excluding hydrogens is 318 g/mol. The van der Waals surface area contributed by atoms with Gasteiger partial charge in [0, 0.05) is 45.2 Å². The molecule has 0 radical (unpaired) electrons. The van der Waals surface area contributed by atoms with E-state index in [0.717, 1.165) is 24.7 Å². The molecule has 7 heteroatoms. The van der Waals surface area contributed by atoms with Crippen LogP contribution >= 0.6 is 0 Å². The Kier molecular flexibility index (Phi) is 4.32. The van der Waals surface area contributed by atoms with E-state index in [4.69, 9.17) is 0 Å². The van der Waals surface area contributed by atoms with Gasteiger partial charge < -0.3 is 9.67 Å². The van der Waals surface area contributed by atoms with Crippen molar-refractivity contribution >= 4 is 5.97 Å². The van der Waals surface area contributed by atoms with Gasteiger partial charge in [0.25, 0.3) is 0 Å². The first-order valence-electron chi connectivity index (χ1n) is 9.54. The summed E-state index contributed by atoms with van der Waals surface area (Å²) in [6.07, 6.45) is 6.41.